The highest BCUT2D eigenvalue weighted by molar-refractivity contribution is 5.94. The fourth-order valence-electron chi connectivity index (χ4n) is 3.36. The quantitative estimate of drug-likeness (QED) is 0.772. The van der Waals surface area contributed by atoms with Gasteiger partial charge in [-0.2, -0.15) is 0 Å². The zero-order valence-electron chi connectivity index (χ0n) is 16.1. The fourth-order valence-corrected chi connectivity index (χ4v) is 3.36. The Labute approximate surface area is 165 Å². The lowest BCUT2D eigenvalue weighted by atomic mass is 9.95. The van der Waals surface area contributed by atoms with Gasteiger partial charge in [-0.3, -0.25) is 14.5 Å². The van der Waals surface area contributed by atoms with Gasteiger partial charge >= 0.3 is 0 Å². The molecule has 1 atom stereocenters. The van der Waals surface area contributed by atoms with Crippen molar-refractivity contribution < 1.29 is 14.3 Å². The minimum absolute atomic E-state index is 0.0597. The number of rotatable bonds is 7. The van der Waals surface area contributed by atoms with E-state index in [1.807, 2.05) is 61.5 Å². The van der Waals surface area contributed by atoms with E-state index in [2.05, 4.69) is 10.2 Å². The highest BCUT2D eigenvalue weighted by Gasteiger charge is 2.28. The van der Waals surface area contributed by atoms with Gasteiger partial charge in [0.25, 0.3) is 0 Å². The maximum absolute atomic E-state index is 12.5. The second-order valence-corrected chi connectivity index (χ2v) is 7.18. The standard InChI is InChI=1S/C22H27N3O3/c1-16(25-13-11-18(12-14-25)21(23)26)22(27)24-19-7-9-20(10-8-19)28-15-17-5-3-2-4-6-17/h2-10,16,18H,11-15H2,1H3,(H2,23,26)(H,24,27)/t16-/m1/s1. The van der Waals surface area contributed by atoms with Gasteiger partial charge in [-0.1, -0.05) is 30.3 Å². The first-order valence-electron chi connectivity index (χ1n) is 9.64. The number of hydrogen-bond donors (Lipinski definition) is 2. The molecule has 6 nitrogen and oxygen atoms in total. The molecule has 0 unspecified atom stereocenters. The predicted molar refractivity (Wildman–Crippen MR) is 109 cm³/mol. The van der Waals surface area contributed by atoms with Crippen LogP contribution in [0, 0.1) is 5.92 Å². The molecule has 3 N–H and O–H groups in total. The van der Waals surface area contributed by atoms with E-state index >= 15 is 0 Å². The second-order valence-electron chi connectivity index (χ2n) is 7.18. The second kappa shape index (κ2) is 9.37. The Hall–Kier alpha value is -2.86. The molecule has 2 aromatic rings. The van der Waals surface area contributed by atoms with Crippen molar-refractivity contribution in [2.24, 2.45) is 11.7 Å². The molecule has 3 rings (SSSR count). The van der Waals surface area contributed by atoms with Crippen LogP contribution in [0.15, 0.2) is 54.6 Å². The summed E-state index contributed by atoms with van der Waals surface area (Å²) in [6.07, 6.45) is 1.42. The Morgan fingerprint density at radius 3 is 2.36 bits per heavy atom. The lowest BCUT2D eigenvalue weighted by Crippen LogP contribution is -2.47. The summed E-state index contributed by atoms with van der Waals surface area (Å²) in [5.74, 6) is 0.375. The molecule has 148 valence electrons. The Kier molecular flexibility index (Phi) is 6.66. The minimum atomic E-state index is -0.261. The van der Waals surface area contributed by atoms with Crippen LogP contribution in [0.25, 0.3) is 0 Å². The molecule has 1 aliphatic heterocycles. The van der Waals surface area contributed by atoms with Crippen molar-refractivity contribution in [3.63, 3.8) is 0 Å². The smallest absolute Gasteiger partial charge is 0.241 e. The summed E-state index contributed by atoms with van der Waals surface area (Å²) < 4.78 is 5.77. The van der Waals surface area contributed by atoms with E-state index in [1.165, 1.54) is 0 Å². The molecular weight excluding hydrogens is 354 g/mol. The van der Waals surface area contributed by atoms with Crippen molar-refractivity contribution in [1.29, 1.82) is 0 Å². The number of hydrogen-bond acceptors (Lipinski definition) is 4. The molecule has 1 saturated heterocycles. The molecule has 6 heteroatoms. The number of ether oxygens (including phenoxy) is 1. The van der Waals surface area contributed by atoms with Gasteiger partial charge in [0.2, 0.25) is 11.8 Å². The largest absolute Gasteiger partial charge is 0.489 e. The predicted octanol–water partition coefficient (Wildman–Crippen LogP) is 2.79. The lowest BCUT2D eigenvalue weighted by molar-refractivity contribution is -0.124. The number of nitrogens with one attached hydrogen (secondary N) is 1. The molecule has 0 bridgehead atoms. The summed E-state index contributed by atoms with van der Waals surface area (Å²) >= 11 is 0. The Morgan fingerprint density at radius 2 is 1.75 bits per heavy atom. The highest BCUT2D eigenvalue weighted by atomic mass is 16.5. The van der Waals surface area contributed by atoms with Crippen LogP contribution in [0.4, 0.5) is 5.69 Å². The molecule has 1 fully saturated rings. The van der Waals surface area contributed by atoms with Crippen LogP contribution >= 0.6 is 0 Å². The summed E-state index contributed by atoms with van der Waals surface area (Å²) in [6, 6.07) is 17.1. The van der Waals surface area contributed by atoms with Gasteiger partial charge in [-0.25, -0.2) is 0 Å². The third kappa shape index (κ3) is 5.33. The number of nitrogens with two attached hydrogens (primary N) is 1. The van der Waals surface area contributed by atoms with Crippen LogP contribution in [0.1, 0.15) is 25.3 Å². The summed E-state index contributed by atoms with van der Waals surface area (Å²) in [5.41, 5.74) is 7.21. The molecule has 0 spiro atoms. The molecule has 2 amide bonds. The molecule has 28 heavy (non-hydrogen) atoms. The number of carbonyl (C=O) groups is 2. The number of piperidine rings is 1. The van der Waals surface area contributed by atoms with E-state index in [-0.39, 0.29) is 23.8 Å². The zero-order valence-corrected chi connectivity index (χ0v) is 16.1. The number of carbonyl (C=O) groups excluding carboxylic acids is 2. The maximum atomic E-state index is 12.5. The summed E-state index contributed by atoms with van der Waals surface area (Å²) in [6.45, 7) is 3.80. The van der Waals surface area contributed by atoms with Gasteiger partial charge < -0.3 is 15.8 Å². The summed E-state index contributed by atoms with van der Waals surface area (Å²) in [4.78, 5) is 25.9. The van der Waals surface area contributed by atoms with Crippen molar-refractivity contribution in [2.75, 3.05) is 18.4 Å². The van der Waals surface area contributed by atoms with Gasteiger partial charge in [-0.15, -0.1) is 0 Å². The van der Waals surface area contributed by atoms with Gasteiger partial charge in [0.15, 0.2) is 0 Å². The molecule has 1 heterocycles. The number of nitrogens with zero attached hydrogens (tertiary/aromatic N) is 1. The van der Waals surface area contributed by atoms with Gasteiger partial charge in [0.05, 0.1) is 6.04 Å². The topological polar surface area (TPSA) is 84.7 Å². The van der Waals surface area contributed by atoms with Crippen LogP contribution in [0.2, 0.25) is 0 Å². The van der Waals surface area contributed by atoms with Crippen molar-refractivity contribution in [1.82, 2.24) is 4.90 Å². The molecule has 0 saturated carbocycles. The van der Waals surface area contributed by atoms with Gasteiger partial charge in [-0.05, 0) is 62.7 Å². The first-order chi connectivity index (χ1) is 13.5. The van der Waals surface area contributed by atoms with Crippen molar-refractivity contribution >= 4 is 17.5 Å². The van der Waals surface area contributed by atoms with E-state index in [4.69, 9.17) is 10.5 Å². The molecule has 0 radical (unpaired) electrons. The molecule has 0 aromatic heterocycles. The number of anilines is 1. The SMILES string of the molecule is C[C@H](C(=O)Nc1ccc(OCc2ccccc2)cc1)N1CCC(C(N)=O)CC1. The van der Waals surface area contributed by atoms with E-state index in [0.717, 1.165) is 17.0 Å². The summed E-state index contributed by atoms with van der Waals surface area (Å²) in [5, 5.41) is 2.95. The highest BCUT2D eigenvalue weighted by Crippen LogP contribution is 2.20. The average Bonchev–Trinajstić information content (AvgIpc) is 2.73. The van der Waals surface area contributed by atoms with Crippen molar-refractivity contribution in [2.45, 2.75) is 32.4 Å². The van der Waals surface area contributed by atoms with Crippen LogP contribution in [0.3, 0.4) is 0 Å². The van der Waals surface area contributed by atoms with E-state index in [9.17, 15) is 9.59 Å². The van der Waals surface area contributed by atoms with Crippen LogP contribution in [-0.4, -0.2) is 35.8 Å². The maximum Gasteiger partial charge on any atom is 0.241 e. The summed E-state index contributed by atoms with van der Waals surface area (Å²) in [7, 11) is 0. The molecule has 0 aliphatic carbocycles. The number of benzene rings is 2. The Bertz CT molecular complexity index is 784. The average molecular weight is 381 g/mol. The number of primary amides is 1. The Morgan fingerprint density at radius 1 is 1.11 bits per heavy atom. The third-order valence-electron chi connectivity index (χ3n) is 5.23. The van der Waals surface area contributed by atoms with Crippen molar-refractivity contribution in [3.05, 3.63) is 60.2 Å². The third-order valence-corrected chi connectivity index (χ3v) is 5.23. The molecule has 2 aromatic carbocycles. The zero-order chi connectivity index (χ0) is 19.9. The first kappa shape index (κ1) is 19.9. The number of likely N-dealkylation sites (tertiary alicyclic amines) is 1. The van der Waals surface area contributed by atoms with Gasteiger partial charge in [0.1, 0.15) is 12.4 Å². The van der Waals surface area contributed by atoms with Crippen molar-refractivity contribution in [3.8, 4) is 5.75 Å². The monoisotopic (exact) mass is 381 g/mol. The van der Waals surface area contributed by atoms with Crippen LogP contribution in [0.5, 0.6) is 5.75 Å². The normalized spacial score (nSPS) is 16.3. The number of amides is 2. The van der Waals surface area contributed by atoms with Crippen LogP contribution in [-0.2, 0) is 16.2 Å². The lowest BCUT2D eigenvalue weighted by Gasteiger charge is -2.34. The molecular formula is C22H27N3O3. The Balaban J connectivity index is 1.48. The van der Waals surface area contributed by atoms with E-state index in [1.54, 1.807) is 0 Å². The van der Waals surface area contributed by atoms with Gasteiger partial charge in [0, 0.05) is 11.6 Å². The van der Waals surface area contributed by atoms with Crippen LogP contribution < -0.4 is 15.8 Å². The fraction of sp³-hybridized carbons (Fsp3) is 0.364. The minimum Gasteiger partial charge on any atom is -0.489 e. The van der Waals surface area contributed by atoms with E-state index < -0.39 is 0 Å². The molecule has 1 aliphatic rings. The first-order valence-corrected chi connectivity index (χ1v) is 9.64. The van der Waals surface area contributed by atoms with E-state index in [0.29, 0.717) is 32.5 Å².